The van der Waals surface area contributed by atoms with Crippen molar-refractivity contribution in [3.63, 3.8) is 0 Å². The zero-order chi connectivity index (χ0) is 20.6. The van der Waals surface area contributed by atoms with Crippen LogP contribution in [0, 0.1) is 0 Å². The van der Waals surface area contributed by atoms with E-state index in [0.717, 1.165) is 18.4 Å². The maximum absolute atomic E-state index is 10.2. The lowest BCUT2D eigenvalue weighted by Gasteiger charge is -2.15. The minimum absolute atomic E-state index is 0.0142. The zero-order valence-electron chi connectivity index (χ0n) is 18.9. The largest absolute Gasteiger partial charge is 0.504 e. The first-order chi connectivity index (χ1) is 13.6. The second kappa shape index (κ2) is 15.7. The van der Waals surface area contributed by atoms with Gasteiger partial charge < -0.3 is 10.2 Å². The van der Waals surface area contributed by atoms with Crippen molar-refractivity contribution in [1.82, 2.24) is 0 Å². The Bertz CT molecular complexity index is 507. The molecule has 0 bridgehead atoms. The number of aromatic hydroxyl groups is 2. The lowest BCUT2D eigenvalue weighted by Crippen LogP contribution is -1.98. The average Bonchev–Trinajstić information content (AvgIpc) is 2.67. The van der Waals surface area contributed by atoms with Gasteiger partial charge in [-0.2, -0.15) is 0 Å². The molecule has 0 radical (unpaired) electrons. The molecule has 0 aliphatic carbocycles. The molecule has 1 rings (SSSR count). The van der Waals surface area contributed by atoms with E-state index >= 15 is 0 Å². The van der Waals surface area contributed by atoms with Gasteiger partial charge in [-0.25, -0.2) is 0 Å². The molecule has 0 amide bonds. The average molecular weight is 391 g/mol. The van der Waals surface area contributed by atoms with Gasteiger partial charge in [-0.15, -0.1) is 0 Å². The monoisotopic (exact) mass is 390 g/mol. The van der Waals surface area contributed by atoms with Crippen LogP contribution in [-0.2, 0) is 6.42 Å². The van der Waals surface area contributed by atoms with E-state index in [2.05, 4.69) is 20.8 Å². The smallest absolute Gasteiger partial charge is 0.160 e. The van der Waals surface area contributed by atoms with E-state index in [1.165, 1.54) is 95.5 Å². The Morgan fingerprint density at radius 2 is 1.07 bits per heavy atom. The first-order valence-corrected chi connectivity index (χ1v) is 12.1. The molecular formula is C26H46O2. The maximum Gasteiger partial charge on any atom is 0.160 e. The van der Waals surface area contributed by atoms with Gasteiger partial charge in [-0.05, 0) is 30.4 Å². The summed E-state index contributed by atoms with van der Waals surface area (Å²) in [7, 11) is 0. The number of hydrogen-bond acceptors (Lipinski definition) is 2. The van der Waals surface area contributed by atoms with Crippen LogP contribution in [0.5, 0.6) is 11.5 Å². The third-order valence-electron chi connectivity index (χ3n) is 5.95. The van der Waals surface area contributed by atoms with Crippen molar-refractivity contribution in [1.29, 1.82) is 0 Å². The van der Waals surface area contributed by atoms with Crippen molar-refractivity contribution in [3.05, 3.63) is 23.3 Å². The third-order valence-corrected chi connectivity index (χ3v) is 5.95. The second-order valence-electron chi connectivity index (χ2n) is 8.86. The molecule has 162 valence electrons. The van der Waals surface area contributed by atoms with Crippen molar-refractivity contribution in [2.45, 2.75) is 129 Å². The lowest BCUT2D eigenvalue weighted by molar-refractivity contribution is 0.397. The van der Waals surface area contributed by atoms with Gasteiger partial charge in [0.15, 0.2) is 11.5 Å². The van der Waals surface area contributed by atoms with E-state index in [4.69, 9.17) is 0 Å². The summed E-state index contributed by atoms with van der Waals surface area (Å²) in [6.07, 6.45) is 21.3. The van der Waals surface area contributed by atoms with Gasteiger partial charge >= 0.3 is 0 Å². The minimum atomic E-state index is 0.0142. The molecular weight excluding hydrogens is 344 g/mol. The molecule has 1 aromatic rings. The van der Waals surface area contributed by atoms with Crippen LogP contribution in [0.4, 0.5) is 0 Å². The number of phenols is 2. The number of rotatable bonds is 17. The Balaban J connectivity index is 2.01. The topological polar surface area (TPSA) is 40.5 Å². The Hall–Kier alpha value is -1.18. The number of benzene rings is 1. The molecule has 28 heavy (non-hydrogen) atoms. The molecule has 2 heteroatoms. The standard InChI is InChI=1S/C26H46O2/c1-4-5-6-7-8-9-10-11-12-13-14-15-16-17-18-19-24-23(22(2)3)20-21-25(27)26(24)28/h20-22,27-28H,4-19H2,1-3H3. The van der Waals surface area contributed by atoms with Crippen LogP contribution in [-0.4, -0.2) is 10.2 Å². The normalized spacial score (nSPS) is 11.4. The van der Waals surface area contributed by atoms with Gasteiger partial charge in [0.25, 0.3) is 0 Å². The first-order valence-electron chi connectivity index (χ1n) is 12.1. The fourth-order valence-electron chi connectivity index (χ4n) is 4.12. The molecule has 0 saturated carbocycles. The molecule has 2 nitrogen and oxygen atoms in total. The van der Waals surface area contributed by atoms with E-state index < -0.39 is 0 Å². The van der Waals surface area contributed by atoms with Gasteiger partial charge in [0, 0.05) is 5.56 Å². The molecule has 2 N–H and O–H groups in total. The quantitative estimate of drug-likeness (QED) is 0.206. The molecule has 0 fully saturated rings. The predicted molar refractivity (Wildman–Crippen MR) is 122 cm³/mol. The SMILES string of the molecule is CCCCCCCCCCCCCCCCCc1c(C(C)C)ccc(O)c1O. The zero-order valence-corrected chi connectivity index (χ0v) is 18.9. The molecule has 0 atom stereocenters. The molecule has 0 saturated heterocycles. The van der Waals surface area contributed by atoms with Crippen molar-refractivity contribution in [3.8, 4) is 11.5 Å². The van der Waals surface area contributed by atoms with Crippen LogP contribution in [0.1, 0.15) is 134 Å². The highest BCUT2D eigenvalue weighted by atomic mass is 16.3. The lowest BCUT2D eigenvalue weighted by atomic mass is 9.92. The van der Waals surface area contributed by atoms with Crippen LogP contribution in [0.3, 0.4) is 0 Å². The van der Waals surface area contributed by atoms with E-state index in [9.17, 15) is 10.2 Å². The summed E-state index contributed by atoms with van der Waals surface area (Å²) < 4.78 is 0. The van der Waals surface area contributed by atoms with Crippen molar-refractivity contribution in [2.24, 2.45) is 0 Å². The molecule has 0 spiro atoms. The van der Waals surface area contributed by atoms with Crippen LogP contribution < -0.4 is 0 Å². The van der Waals surface area contributed by atoms with Crippen LogP contribution in [0.25, 0.3) is 0 Å². The minimum Gasteiger partial charge on any atom is -0.504 e. The van der Waals surface area contributed by atoms with Gasteiger partial charge in [0.05, 0.1) is 0 Å². The van der Waals surface area contributed by atoms with Gasteiger partial charge in [-0.3, -0.25) is 0 Å². The van der Waals surface area contributed by atoms with E-state index in [-0.39, 0.29) is 11.5 Å². The highest BCUT2D eigenvalue weighted by molar-refractivity contribution is 5.50. The summed E-state index contributed by atoms with van der Waals surface area (Å²) in [5.41, 5.74) is 2.12. The van der Waals surface area contributed by atoms with Crippen molar-refractivity contribution in [2.75, 3.05) is 0 Å². The number of phenolic OH excluding ortho intramolecular Hbond substituents is 2. The highest BCUT2D eigenvalue weighted by Crippen LogP contribution is 2.35. The summed E-state index contributed by atoms with van der Waals surface area (Å²) >= 11 is 0. The Kier molecular flexibility index (Phi) is 13.9. The molecule has 0 unspecified atom stereocenters. The Labute approximate surface area is 174 Å². The fraction of sp³-hybridized carbons (Fsp3) is 0.769. The Morgan fingerprint density at radius 1 is 0.643 bits per heavy atom. The molecule has 1 aromatic carbocycles. The highest BCUT2D eigenvalue weighted by Gasteiger charge is 2.14. The third kappa shape index (κ3) is 10.4. The predicted octanol–water partition coefficient (Wildman–Crippen LogP) is 8.64. The molecule has 0 heterocycles. The van der Waals surface area contributed by atoms with Gasteiger partial charge in [-0.1, -0.05) is 117 Å². The van der Waals surface area contributed by atoms with Crippen LogP contribution >= 0.6 is 0 Å². The summed E-state index contributed by atoms with van der Waals surface area (Å²) in [5, 5.41) is 20.0. The molecule has 0 aromatic heterocycles. The van der Waals surface area contributed by atoms with E-state index in [0.29, 0.717) is 5.92 Å². The number of hydrogen-bond donors (Lipinski definition) is 2. The van der Waals surface area contributed by atoms with Crippen molar-refractivity contribution >= 4 is 0 Å². The van der Waals surface area contributed by atoms with Gasteiger partial charge in [0.2, 0.25) is 0 Å². The summed E-state index contributed by atoms with van der Waals surface area (Å²) in [6, 6.07) is 3.57. The maximum atomic E-state index is 10.2. The van der Waals surface area contributed by atoms with Gasteiger partial charge in [0.1, 0.15) is 0 Å². The molecule has 0 aliphatic rings. The number of unbranched alkanes of at least 4 members (excludes halogenated alkanes) is 14. The fourth-order valence-corrected chi connectivity index (χ4v) is 4.12. The van der Waals surface area contributed by atoms with Crippen LogP contribution in [0.15, 0.2) is 12.1 Å². The van der Waals surface area contributed by atoms with Crippen LogP contribution in [0.2, 0.25) is 0 Å². The molecule has 0 aliphatic heterocycles. The Morgan fingerprint density at radius 3 is 1.50 bits per heavy atom. The summed E-state index contributed by atoms with van der Waals surface area (Å²) in [6.45, 7) is 6.56. The second-order valence-corrected chi connectivity index (χ2v) is 8.86. The van der Waals surface area contributed by atoms with E-state index in [1.54, 1.807) is 6.07 Å². The van der Waals surface area contributed by atoms with E-state index in [1.807, 2.05) is 6.07 Å². The summed E-state index contributed by atoms with van der Waals surface area (Å²) in [4.78, 5) is 0. The van der Waals surface area contributed by atoms with Crippen molar-refractivity contribution < 1.29 is 10.2 Å². The summed E-state index contributed by atoms with van der Waals surface area (Å²) in [5.74, 6) is 0.481. The first kappa shape index (κ1) is 24.9.